The summed E-state index contributed by atoms with van der Waals surface area (Å²) in [6, 6.07) is 4.86. The molecule has 1 rings (SSSR count). The first kappa shape index (κ1) is 11.2. The van der Waals surface area contributed by atoms with Crippen molar-refractivity contribution in [2.24, 2.45) is 0 Å². The van der Waals surface area contributed by atoms with Gasteiger partial charge in [0.15, 0.2) is 0 Å². The highest BCUT2D eigenvalue weighted by Crippen LogP contribution is 2.23. The lowest BCUT2D eigenvalue weighted by Gasteiger charge is -2.05. The van der Waals surface area contributed by atoms with Gasteiger partial charge in [-0.25, -0.2) is 0 Å². The molecule has 4 heteroatoms. The molecule has 0 fully saturated rings. The molecule has 4 nitrogen and oxygen atoms in total. The topological polar surface area (TPSA) is 46.4 Å². The van der Waals surface area contributed by atoms with Gasteiger partial charge in [-0.15, -0.1) is 0 Å². The van der Waals surface area contributed by atoms with Crippen molar-refractivity contribution in [2.75, 3.05) is 14.1 Å². The maximum absolute atomic E-state index is 10.7. The third-order valence-corrected chi connectivity index (χ3v) is 1.91. The molecule has 0 aliphatic carbocycles. The second kappa shape index (κ2) is 4.59. The first-order valence-electron chi connectivity index (χ1n) is 4.46. The maximum Gasteiger partial charge on any atom is 0.276 e. The van der Waals surface area contributed by atoms with Crippen LogP contribution in [-0.4, -0.2) is 23.9 Å². The molecule has 1 aromatic rings. The zero-order valence-corrected chi connectivity index (χ0v) is 8.80. The van der Waals surface area contributed by atoms with E-state index in [4.69, 9.17) is 0 Å². The fourth-order valence-electron chi connectivity index (χ4n) is 1.17. The summed E-state index contributed by atoms with van der Waals surface area (Å²) in [5, 5.41) is 10.7. The predicted octanol–water partition coefficient (Wildman–Crippen LogP) is 2.31. The Kier molecular flexibility index (Phi) is 3.44. The Labute approximate surface area is 89.0 Å². The molecule has 0 N–H and O–H groups in total. The van der Waals surface area contributed by atoms with Gasteiger partial charge in [-0.05, 0) is 24.8 Å². The minimum atomic E-state index is -0.399. The molecule has 0 saturated heterocycles. The monoisotopic (exact) mass is 205 g/mol. The van der Waals surface area contributed by atoms with Gasteiger partial charge in [-0.2, -0.15) is 0 Å². The van der Waals surface area contributed by atoms with Gasteiger partial charge in [0, 0.05) is 20.2 Å². The summed E-state index contributed by atoms with van der Waals surface area (Å²) in [7, 11) is 3.71. The first-order chi connectivity index (χ1) is 7.02. The van der Waals surface area contributed by atoms with E-state index in [2.05, 4.69) is 6.92 Å². The Morgan fingerprint density at radius 1 is 1.47 bits per heavy atom. The minimum Gasteiger partial charge on any atom is -0.383 e. The van der Waals surface area contributed by atoms with E-state index in [9.17, 15) is 10.1 Å². The number of hydrogen-bond donors (Lipinski definition) is 0. The molecule has 0 aromatic heterocycles. The molecule has 0 aliphatic rings. The van der Waals surface area contributed by atoms with E-state index in [1.165, 1.54) is 6.07 Å². The fraction of sp³-hybridized carbons (Fsp3) is 0.182. The van der Waals surface area contributed by atoms with E-state index in [-0.39, 0.29) is 5.69 Å². The summed E-state index contributed by atoms with van der Waals surface area (Å²) < 4.78 is 0. The van der Waals surface area contributed by atoms with Gasteiger partial charge in [-0.1, -0.05) is 12.1 Å². The smallest absolute Gasteiger partial charge is 0.276 e. The molecular weight excluding hydrogens is 192 g/mol. The summed E-state index contributed by atoms with van der Waals surface area (Å²) in [5.74, 6) is 0. The molecule has 0 bridgehead atoms. The van der Waals surface area contributed by atoms with Crippen LogP contribution in [0.4, 0.5) is 5.69 Å². The third-order valence-electron chi connectivity index (χ3n) is 1.91. The van der Waals surface area contributed by atoms with Crippen LogP contribution in [0.3, 0.4) is 0 Å². The molecule has 0 heterocycles. The summed E-state index contributed by atoms with van der Waals surface area (Å²) in [6.07, 6.45) is 3.46. The van der Waals surface area contributed by atoms with Crippen molar-refractivity contribution < 1.29 is 4.92 Å². The van der Waals surface area contributed by atoms with Gasteiger partial charge >= 0.3 is 0 Å². The second-order valence-electron chi connectivity index (χ2n) is 3.39. The molecule has 0 amide bonds. The summed E-state index contributed by atoms with van der Waals surface area (Å²) >= 11 is 0. The van der Waals surface area contributed by atoms with Crippen molar-refractivity contribution >= 4 is 11.8 Å². The molecule has 1 radical (unpaired) electrons. The van der Waals surface area contributed by atoms with E-state index < -0.39 is 4.92 Å². The highest BCUT2D eigenvalue weighted by Gasteiger charge is 2.12. The van der Waals surface area contributed by atoms with Crippen molar-refractivity contribution in [3.63, 3.8) is 0 Å². The summed E-state index contributed by atoms with van der Waals surface area (Å²) in [5.41, 5.74) is 1.29. The van der Waals surface area contributed by atoms with Gasteiger partial charge in [0.1, 0.15) is 0 Å². The predicted molar refractivity (Wildman–Crippen MR) is 60.3 cm³/mol. The van der Waals surface area contributed by atoms with Crippen LogP contribution in [0.15, 0.2) is 24.4 Å². The van der Waals surface area contributed by atoms with Crippen molar-refractivity contribution in [2.45, 2.75) is 0 Å². The van der Waals surface area contributed by atoms with Crippen molar-refractivity contribution in [3.05, 3.63) is 52.6 Å². The van der Waals surface area contributed by atoms with Crippen LogP contribution in [0.25, 0.3) is 6.08 Å². The average molecular weight is 205 g/mol. The van der Waals surface area contributed by atoms with E-state index in [0.717, 1.165) is 0 Å². The van der Waals surface area contributed by atoms with Gasteiger partial charge in [0.25, 0.3) is 5.69 Å². The van der Waals surface area contributed by atoms with Crippen LogP contribution in [0.5, 0.6) is 0 Å². The number of rotatable bonds is 3. The molecule has 79 valence electrons. The lowest BCUT2D eigenvalue weighted by atomic mass is 10.1. The van der Waals surface area contributed by atoms with Crippen LogP contribution in [0, 0.1) is 17.0 Å². The van der Waals surface area contributed by atoms with Gasteiger partial charge < -0.3 is 4.90 Å². The van der Waals surface area contributed by atoms with Crippen LogP contribution in [-0.2, 0) is 0 Å². The van der Waals surface area contributed by atoms with Gasteiger partial charge in [-0.3, -0.25) is 10.1 Å². The molecule has 0 unspecified atom stereocenters. The molecule has 15 heavy (non-hydrogen) atoms. The number of nitro groups is 1. The summed E-state index contributed by atoms with van der Waals surface area (Å²) in [4.78, 5) is 12.2. The highest BCUT2D eigenvalue weighted by atomic mass is 16.6. The van der Waals surface area contributed by atoms with Crippen molar-refractivity contribution in [3.8, 4) is 0 Å². The Bertz CT molecular complexity index is 398. The van der Waals surface area contributed by atoms with Gasteiger partial charge in [0.2, 0.25) is 0 Å². The average Bonchev–Trinajstić information content (AvgIpc) is 2.15. The Morgan fingerprint density at radius 2 is 2.13 bits per heavy atom. The normalized spacial score (nSPS) is 10.6. The van der Waals surface area contributed by atoms with Crippen molar-refractivity contribution in [1.82, 2.24) is 4.90 Å². The molecule has 0 aliphatic heterocycles. The number of hydrogen-bond acceptors (Lipinski definition) is 3. The van der Waals surface area contributed by atoms with Crippen molar-refractivity contribution in [1.29, 1.82) is 0 Å². The Balaban J connectivity index is 3.19. The maximum atomic E-state index is 10.7. The SMILES string of the molecule is [CH2]c1cccc([N+](=O)[O-])c1C=CN(C)C. The molecule has 0 saturated carbocycles. The lowest BCUT2D eigenvalue weighted by molar-refractivity contribution is -0.385. The van der Waals surface area contributed by atoms with E-state index in [0.29, 0.717) is 11.1 Å². The van der Waals surface area contributed by atoms with Crippen LogP contribution < -0.4 is 0 Å². The lowest BCUT2D eigenvalue weighted by Crippen LogP contribution is -2.00. The molecular formula is C11H13N2O2. The molecule has 0 spiro atoms. The highest BCUT2D eigenvalue weighted by molar-refractivity contribution is 5.65. The molecule has 0 atom stereocenters. The number of nitrogens with zero attached hydrogens (tertiary/aromatic N) is 2. The standard InChI is InChI=1S/C11H13N2O2/c1-9-5-4-6-11(13(14)15)10(9)7-8-12(2)3/h4-8H,1H2,2-3H3. The van der Waals surface area contributed by atoms with E-state index >= 15 is 0 Å². The van der Waals surface area contributed by atoms with Crippen LogP contribution in [0.2, 0.25) is 0 Å². The quantitative estimate of drug-likeness (QED) is 0.562. The molecule has 1 aromatic carbocycles. The zero-order valence-electron chi connectivity index (χ0n) is 8.80. The Morgan fingerprint density at radius 3 is 2.67 bits per heavy atom. The Hall–Kier alpha value is -1.84. The van der Waals surface area contributed by atoms with E-state index in [1.807, 2.05) is 19.0 Å². The second-order valence-corrected chi connectivity index (χ2v) is 3.39. The third kappa shape index (κ3) is 2.80. The van der Waals surface area contributed by atoms with Crippen LogP contribution >= 0.6 is 0 Å². The van der Waals surface area contributed by atoms with Gasteiger partial charge in [0.05, 0.1) is 10.5 Å². The van der Waals surface area contributed by atoms with E-state index in [1.54, 1.807) is 24.4 Å². The summed E-state index contributed by atoms with van der Waals surface area (Å²) in [6.45, 7) is 3.77. The van der Waals surface area contributed by atoms with Crippen LogP contribution in [0.1, 0.15) is 11.1 Å². The number of benzene rings is 1. The largest absolute Gasteiger partial charge is 0.383 e. The fourth-order valence-corrected chi connectivity index (χ4v) is 1.17. The minimum absolute atomic E-state index is 0.0839. The zero-order chi connectivity index (χ0) is 11.4. The first-order valence-corrected chi connectivity index (χ1v) is 4.46. The number of nitro benzene ring substituents is 1.